The van der Waals surface area contributed by atoms with Crippen molar-refractivity contribution in [3.63, 3.8) is 0 Å². The normalized spacial score (nSPS) is 26.5. The molecule has 0 amide bonds. The zero-order valence-electron chi connectivity index (χ0n) is 8.22. The number of hydrogen-bond donors (Lipinski definition) is 0. The Hall–Kier alpha value is -0.770. The molecular weight excluding hydrogens is 146 g/mol. The van der Waals surface area contributed by atoms with Gasteiger partial charge in [-0.25, -0.2) is 0 Å². The van der Waals surface area contributed by atoms with E-state index in [2.05, 4.69) is 32.9 Å². The summed E-state index contributed by atoms with van der Waals surface area (Å²) < 4.78 is 0. The minimum absolute atomic E-state index is 0.468. The molecule has 12 heavy (non-hydrogen) atoms. The summed E-state index contributed by atoms with van der Waals surface area (Å²) >= 11 is 0. The van der Waals surface area contributed by atoms with Gasteiger partial charge in [-0.15, -0.1) is 0 Å². The molecule has 0 heterocycles. The highest BCUT2D eigenvalue weighted by atomic mass is 14.5. The second kappa shape index (κ2) is 3.31. The number of rotatable bonds is 3. The molecule has 0 radical (unpaired) electrons. The van der Waals surface area contributed by atoms with Crippen LogP contribution in [0, 0.1) is 22.7 Å². The molecule has 1 heteroatoms. The third kappa shape index (κ3) is 2.11. The van der Waals surface area contributed by atoms with Gasteiger partial charge in [0.25, 0.3) is 0 Å². The fourth-order valence-electron chi connectivity index (χ4n) is 1.48. The van der Waals surface area contributed by atoms with Gasteiger partial charge >= 0.3 is 0 Å². The first-order chi connectivity index (χ1) is 5.60. The largest absolute Gasteiger partial charge is 0.193 e. The van der Waals surface area contributed by atoms with Crippen LogP contribution >= 0.6 is 0 Å². The molecule has 66 valence electrons. The fourth-order valence-corrected chi connectivity index (χ4v) is 1.48. The molecule has 0 spiro atoms. The van der Waals surface area contributed by atoms with Crippen LogP contribution in [0.3, 0.4) is 0 Å². The lowest BCUT2D eigenvalue weighted by atomic mass is 10.1. The Labute approximate surface area is 75.1 Å². The second-order valence-corrected chi connectivity index (χ2v) is 4.35. The van der Waals surface area contributed by atoms with Crippen LogP contribution in [0.1, 0.15) is 40.0 Å². The molecule has 1 aliphatic rings. The zero-order valence-corrected chi connectivity index (χ0v) is 8.22. The molecule has 1 fully saturated rings. The maximum Gasteiger partial charge on any atom is 0.0943 e. The van der Waals surface area contributed by atoms with Crippen LogP contribution < -0.4 is 0 Å². The van der Waals surface area contributed by atoms with E-state index in [4.69, 9.17) is 5.26 Å². The maximum atomic E-state index is 8.79. The lowest BCUT2D eigenvalue weighted by molar-refractivity contribution is 0.608. The Morgan fingerprint density at radius 3 is 2.58 bits per heavy atom. The van der Waals surface area contributed by atoms with Crippen molar-refractivity contribution in [1.82, 2.24) is 0 Å². The van der Waals surface area contributed by atoms with Crippen molar-refractivity contribution in [2.45, 2.75) is 40.0 Å². The predicted octanol–water partition coefficient (Wildman–Crippen LogP) is 3.28. The molecule has 0 N–H and O–H groups in total. The van der Waals surface area contributed by atoms with Gasteiger partial charge < -0.3 is 0 Å². The van der Waals surface area contributed by atoms with E-state index in [1.165, 1.54) is 6.42 Å². The van der Waals surface area contributed by atoms with Gasteiger partial charge in [0, 0.05) is 5.57 Å². The van der Waals surface area contributed by atoms with Gasteiger partial charge in [-0.3, -0.25) is 0 Å². The average Bonchev–Trinajstić information content (AvgIpc) is 2.58. The smallest absolute Gasteiger partial charge is 0.0943 e. The summed E-state index contributed by atoms with van der Waals surface area (Å²) in [6, 6.07) is 2.27. The van der Waals surface area contributed by atoms with Crippen LogP contribution in [-0.2, 0) is 0 Å². The van der Waals surface area contributed by atoms with Gasteiger partial charge in [0.2, 0.25) is 0 Å². The molecule has 1 aliphatic carbocycles. The van der Waals surface area contributed by atoms with E-state index in [1.54, 1.807) is 0 Å². The molecule has 0 aromatic heterocycles. The molecular formula is C11H17N. The van der Waals surface area contributed by atoms with Crippen LogP contribution in [0.2, 0.25) is 0 Å². The van der Waals surface area contributed by atoms with Crippen LogP contribution in [0.15, 0.2) is 11.6 Å². The first-order valence-corrected chi connectivity index (χ1v) is 4.71. The molecule has 1 saturated carbocycles. The van der Waals surface area contributed by atoms with Gasteiger partial charge in [-0.05, 0) is 24.2 Å². The van der Waals surface area contributed by atoms with Crippen LogP contribution in [0.25, 0.3) is 0 Å². The standard InChI is InChI=1S/C11H17N/c1-4-5-9(8-12)6-10-7-11(10,2)3/h6,10H,4-5,7H2,1-3H3/b9-6-. The van der Waals surface area contributed by atoms with Crippen molar-refractivity contribution < 1.29 is 0 Å². The SMILES string of the molecule is CCC/C(C#N)=C/C1CC1(C)C. The molecule has 0 bridgehead atoms. The van der Waals surface area contributed by atoms with E-state index in [0.29, 0.717) is 11.3 Å². The number of nitriles is 1. The highest BCUT2D eigenvalue weighted by Gasteiger charge is 2.43. The lowest BCUT2D eigenvalue weighted by Gasteiger charge is -1.98. The highest BCUT2D eigenvalue weighted by molar-refractivity contribution is 5.25. The third-order valence-electron chi connectivity index (χ3n) is 2.65. The van der Waals surface area contributed by atoms with E-state index >= 15 is 0 Å². The Bertz CT molecular complexity index is 230. The number of allylic oxidation sites excluding steroid dienone is 2. The first kappa shape index (κ1) is 9.32. The van der Waals surface area contributed by atoms with E-state index in [1.807, 2.05) is 0 Å². The molecule has 0 aromatic carbocycles. The van der Waals surface area contributed by atoms with Crippen molar-refractivity contribution in [2.75, 3.05) is 0 Å². The third-order valence-corrected chi connectivity index (χ3v) is 2.65. The van der Waals surface area contributed by atoms with Gasteiger partial charge in [0.1, 0.15) is 0 Å². The van der Waals surface area contributed by atoms with Gasteiger partial charge in [0.15, 0.2) is 0 Å². The lowest BCUT2D eigenvalue weighted by Crippen LogP contribution is -1.88. The van der Waals surface area contributed by atoms with Gasteiger partial charge in [0.05, 0.1) is 6.07 Å². The van der Waals surface area contributed by atoms with Gasteiger partial charge in [-0.2, -0.15) is 5.26 Å². The molecule has 1 atom stereocenters. The zero-order chi connectivity index (χ0) is 9.19. The molecule has 1 nitrogen and oxygen atoms in total. The summed E-state index contributed by atoms with van der Waals surface area (Å²) in [5, 5.41) is 8.79. The van der Waals surface area contributed by atoms with E-state index < -0.39 is 0 Å². The molecule has 0 aromatic rings. The number of hydrogen-bond acceptors (Lipinski definition) is 1. The average molecular weight is 163 g/mol. The quantitative estimate of drug-likeness (QED) is 0.586. The minimum atomic E-state index is 0.468. The van der Waals surface area contributed by atoms with Crippen LogP contribution in [-0.4, -0.2) is 0 Å². The van der Waals surface area contributed by atoms with Crippen molar-refractivity contribution >= 4 is 0 Å². The summed E-state index contributed by atoms with van der Waals surface area (Å²) in [5.74, 6) is 0.665. The highest BCUT2D eigenvalue weighted by Crippen LogP contribution is 2.52. The summed E-state index contributed by atoms with van der Waals surface area (Å²) in [6.45, 7) is 6.63. The van der Waals surface area contributed by atoms with E-state index in [0.717, 1.165) is 18.4 Å². The summed E-state index contributed by atoms with van der Waals surface area (Å²) in [7, 11) is 0. The summed E-state index contributed by atoms with van der Waals surface area (Å²) in [6.07, 6.45) is 5.45. The Morgan fingerprint density at radius 2 is 2.25 bits per heavy atom. The van der Waals surface area contributed by atoms with Crippen LogP contribution in [0.4, 0.5) is 0 Å². The summed E-state index contributed by atoms with van der Waals surface area (Å²) in [4.78, 5) is 0. The monoisotopic (exact) mass is 163 g/mol. The van der Waals surface area contributed by atoms with Gasteiger partial charge in [-0.1, -0.05) is 33.3 Å². The Morgan fingerprint density at radius 1 is 1.67 bits per heavy atom. The molecule has 0 aliphatic heterocycles. The predicted molar refractivity (Wildman–Crippen MR) is 50.5 cm³/mol. The first-order valence-electron chi connectivity index (χ1n) is 4.71. The topological polar surface area (TPSA) is 23.8 Å². The fraction of sp³-hybridized carbons (Fsp3) is 0.727. The molecule has 1 unspecified atom stereocenters. The molecule has 0 saturated heterocycles. The van der Waals surface area contributed by atoms with E-state index in [-0.39, 0.29) is 0 Å². The maximum absolute atomic E-state index is 8.79. The Kier molecular flexibility index (Phi) is 2.57. The van der Waals surface area contributed by atoms with Crippen molar-refractivity contribution in [1.29, 1.82) is 5.26 Å². The van der Waals surface area contributed by atoms with Crippen molar-refractivity contribution in [3.05, 3.63) is 11.6 Å². The van der Waals surface area contributed by atoms with Crippen LogP contribution in [0.5, 0.6) is 0 Å². The second-order valence-electron chi connectivity index (χ2n) is 4.35. The summed E-state index contributed by atoms with van der Waals surface area (Å²) in [5.41, 5.74) is 1.45. The molecule has 1 rings (SSSR count). The van der Waals surface area contributed by atoms with Crippen molar-refractivity contribution in [2.24, 2.45) is 11.3 Å². The number of nitrogens with zero attached hydrogens (tertiary/aromatic N) is 1. The minimum Gasteiger partial charge on any atom is -0.193 e. The van der Waals surface area contributed by atoms with Crippen molar-refractivity contribution in [3.8, 4) is 6.07 Å². The van der Waals surface area contributed by atoms with E-state index in [9.17, 15) is 0 Å². The Balaban J connectivity index is 2.51.